The molecule has 0 bridgehead atoms. The van der Waals surface area contributed by atoms with E-state index in [9.17, 15) is 32.7 Å². The van der Waals surface area contributed by atoms with Crippen molar-refractivity contribution in [3.05, 3.63) is 82.8 Å². The number of nitrogens with one attached hydrogen (secondary N) is 2. The minimum atomic E-state index is -1.34. The van der Waals surface area contributed by atoms with E-state index in [1.165, 1.54) is 18.2 Å². The number of amides is 4. The molecule has 0 aliphatic carbocycles. The van der Waals surface area contributed by atoms with Gasteiger partial charge in [-0.05, 0) is 61.2 Å². The lowest BCUT2D eigenvalue weighted by atomic mass is 9.84. The molecule has 4 rings (SSSR count). The standard InChI is InChI=1S/C27H29F3N4O5/c1-39-24(35)20-16-32-26(37)34(23(20)17-3-8-21(29)22(30)15-17)25(36)31-11-2-12-33-13-9-27(38,10-14-33)18-4-6-19(28)7-5-18/h3-8,15-16,23,38H,2,9-14H2,1H3,(H,31,36)(H,32,37). The lowest BCUT2D eigenvalue weighted by Gasteiger charge is -2.38. The Bertz CT molecular complexity index is 1260. The number of imide groups is 1. The molecule has 0 radical (unpaired) electrons. The average Bonchev–Trinajstić information content (AvgIpc) is 2.93. The zero-order valence-electron chi connectivity index (χ0n) is 21.3. The highest BCUT2D eigenvalue weighted by molar-refractivity contribution is 6.00. The van der Waals surface area contributed by atoms with Crippen LogP contribution in [0.5, 0.6) is 0 Å². The van der Waals surface area contributed by atoms with Gasteiger partial charge in [0.15, 0.2) is 11.6 Å². The van der Waals surface area contributed by atoms with E-state index < -0.39 is 41.3 Å². The van der Waals surface area contributed by atoms with Crippen LogP contribution in [0.15, 0.2) is 54.2 Å². The summed E-state index contributed by atoms with van der Waals surface area (Å²) in [5, 5.41) is 15.9. The first kappa shape index (κ1) is 28.1. The zero-order valence-corrected chi connectivity index (χ0v) is 21.3. The summed E-state index contributed by atoms with van der Waals surface area (Å²) in [5.41, 5.74) is -0.482. The number of piperidine rings is 1. The lowest BCUT2D eigenvalue weighted by Crippen LogP contribution is -2.53. The predicted octanol–water partition coefficient (Wildman–Crippen LogP) is 3.31. The number of hydrogen-bond acceptors (Lipinski definition) is 6. The molecule has 3 N–H and O–H groups in total. The highest BCUT2D eigenvalue weighted by Gasteiger charge is 2.40. The maximum atomic E-state index is 14.0. The molecule has 0 aromatic heterocycles. The van der Waals surface area contributed by atoms with E-state index >= 15 is 0 Å². The molecule has 0 saturated carbocycles. The van der Waals surface area contributed by atoms with Gasteiger partial charge in [-0.2, -0.15) is 0 Å². The first-order valence-electron chi connectivity index (χ1n) is 12.4. The third-order valence-corrected chi connectivity index (χ3v) is 7.01. The molecule has 1 unspecified atom stereocenters. The molecular weight excluding hydrogens is 517 g/mol. The molecule has 2 heterocycles. The largest absolute Gasteiger partial charge is 0.466 e. The van der Waals surface area contributed by atoms with Gasteiger partial charge in [-0.1, -0.05) is 18.2 Å². The fraction of sp³-hybridized carbons (Fsp3) is 0.370. The molecule has 1 fully saturated rings. The molecule has 4 amide bonds. The molecule has 12 heteroatoms. The van der Waals surface area contributed by atoms with Crippen molar-refractivity contribution in [2.75, 3.05) is 33.3 Å². The molecule has 2 aromatic rings. The second-order valence-corrected chi connectivity index (χ2v) is 9.45. The number of esters is 1. The van der Waals surface area contributed by atoms with Crippen molar-refractivity contribution in [3.63, 3.8) is 0 Å². The van der Waals surface area contributed by atoms with Crippen molar-refractivity contribution in [2.45, 2.75) is 30.9 Å². The monoisotopic (exact) mass is 546 g/mol. The molecule has 9 nitrogen and oxygen atoms in total. The van der Waals surface area contributed by atoms with Crippen molar-refractivity contribution >= 4 is 18.0 Å². The quantitative estimate of drug-likeness (QED) is 0.363. The van der Waals surface area contributed by atoms with E-state index in [1.54, 1.807) is 12.1 Å². The third kappa shape index (κ3) is 6.23. The van der Waals surface area contributed by atoms with Crippen LogP contribution in [0.3, 0.4) is 0 Å². The minimum absolute atomic E-state index is 0.0116. The van der Waals surface area contributed by atoms with Gasteiger partial charge in [-0.3, -0.25) is 0 Å². The number of carbonyl (C=O) groups is 3. The fourth-order valence-corrected chi connectivity index (χ4v) is 4.83. The third-order valence-electron chi connectivity index (χ3n) is 7.01. The Labute approximate surface area is 223 Å². The smallest absolute Gasteiger partial charge is 0.337 e. The SMILES string of the molecule is COC(=O)C1=CNC(=O)N(C(=O)NCCCN2CCC(O)(c3ccc(F)cc3)CC2)C1c1ccc(F)c(F)c1. The van der Waals surface area contributed by atoms with Crippen LogP contribution >= 0.6 is 0 Å². The maximum absolute atomic E-state index is 14.0. The average molecular weight is 547 g/mol. The first-order valence-corrected chi connectivity index (χ1v) is 12.4. The van der Waals surface area contributed by atoms with Gasteiger partial charge in [0.25, 0.3) is 0 Å². The van der Waals surface area contributed by atoms with Crippen molar-refractivity contribution in [1.82, 2.24) is 20.4 Å². The second-order valence-electron chi connectivity index (χ2n) is 9.45. The van der Waals surface area contributed by atoms with E-state index in [4.69, 9.17) is 4.74 Å². The van der Waals surface area contributed by atoms with E-state index in [2.05, 4.69) is 15.5 Å². The van der Waals surface area contributed by atoms with Crippen LogP contribution < -0.4 is 10.6 Å². The van der Waals surface area contributed by atoms with Crippen LogP contribution in [0.4, 0.5) is 22.8 Å². The number of likely N-dealkylation sites (tertiary alicyclic amines) is 1. The number of carbonyl (C=O) groups excluding carboxylic acids is 3. The summed E-state index contributed by atoms with van der Waals surface area (Å²) >= 11 is 0. The Hall–Kier alpha value is -3.90. The van der Waals surface area contributed by atoms with E-state index in [0.717, 1.165) is 30.3 Å². The predicted molar refractivity (Wildman–Crippen MR) is 134 cm³/mol. The number of aliphatic hydroxyl groups is 1. The van der Waals surface area contributed by atoms with Gasteiger partial charge in [0.1, 0.15) is 11.9 Å². The van der Waals surface area contributed by atoms with E-state index in [1.807, 2.05) is 0 Å². The molecule has 0 spiro atoms. The summed E-state index contributed by atoms with van der Waals surface area (Å²) in [6.07, 6.45) is 2.54. The van der Waals surface area contributed by atoms with E-state index in [-0.39, 0.29) is 23.5 Å². The summed E-state index contributed by atoms with van der Waals surface area (Å²) in [6, 6.07) is 5.65. The van der Waals surface area contributed by atoms with Crippen LogP contribution in [0, 0.1) is 17.5 Å². The fourth-order valence-electron chi connectivity index (χ4n) is 4.83. The van der Waals surface area contributed by atoms with Crippen LogP contribution in [0.2, 0.25) is 0 Å². The number of rotatable bonds is 7. The molecular formula is C27H29F3N4O5. The zero-order chi connectivity index (χ0) is 28.2. The number of nitrogens with zero attached hydrogens (tertiary/aromatic N) is 2. The molecule has 2 aromatic carbocycles. The number of benzene rings is 2. The van der Waals surface area contributed by atoms with Crippen LogP contribution in [0.1, 0.15) is 36.4 Å². The molecule has 2 aliphatic heterocycles. The Morgan fingerprint density at radius 2 is 1.79 bits per heavy atom. The molecule has 208 valence electrons. The number of halogens is 3. The van der Waals surface area contributed by atoms with Gasteiger partial charge < -0.3 is 25.4 Å². The summed E-state index contributed by atoms with van der Waals surface area (Å²) in [7, 11) is 1.12. The number of urea groups is 2. The van der Waals surface area contributed by atoms with Gasteiger partial charge >= 0.3 is 18.0 Å². The molecule has 39 heavy (non-hydrogen) atoms. The van der Waals surface area contributed by atoms with Crippen molar-refractivity contribution in [1.29, 1.82) is 0 Å². The number of hydrogen-bond donors (Lipinski definition) is 3. The van der Waals surface area contributed by atoms with Gasteiger partial charge in [-0.25, -0.2) is 32.5 Å². The Balaban J connectivity index is 1.35. The number of methoxy groups -OCH3 is 1. The topological polar surface area (TPSA) is 111 Å². The van der Waals surface area contributed by atoms with Gasteiger partial charge in [0.05, 0.1) is 18.3 Å². The van der Waals surface area contributed by atoms with Crippen LogP contribution in [-0.4, -0.2) is 66.2 Å². The first-order chi connectivity index (χ1) is 18.6. The van der Waals surface area contributed by atoms with Gasteiger partial charge in [0, 0.05) is 25.8 Å². The Kier molecular flexibility index (Phi) is 8.56. The second kappa shape index (κ2) is 11.9. The normalized spacial score (nSPS) is 19.2. The summed E-state index contributed by atoms with van der Waals surface area (Å²) in [5.74, 6) is -3.53. The molecule has 1 saturated heterocycles. The molecule has 2 aliphatic rings. The maximum Gasteiger partial charge on any atom is 0.337 e. The van der Waals surface area contributed by atoms with Crippen LogP contribution in [0.25, 0.3) is 0 Å². The lowest BCUT2D eigenvalue weighted by molar-refractivity contribution is -0.136. The van der Waals surface area contributed by atoms with Crippen molar-refractivity contribution in [2.24, 2.45) is 0 Å². The van der Waals surface area contributed by atoms with Crippen molar-refractivity contribution < 1.29 is 37.4 Å². The Morgan fingerprint density at radius 3 is 2.44 bits per heavy atom. The van der Waals surface area contributed by atoms with E-state index in [0.29, 0.717) is 44.5 Å². The summed E-state index contributed by atoms with van der Waals surface area (Å²) < 4.78 is 45.5. The highest BCUT2D eigenvalue weighted by atomic mass is 19.2. The minimum Gasteiger partial charge on any atom is -0.466 e. The highest BCUT2D eigenvalue weighted by Crippen LogP contribution is 2.34. The Morgan fingerprint density at radius 1 is 1.10 bits per heavy atom. The van der Waals surface area contributed by atoms with Crippen LogP contribution in [-0.2, 0) is 15.1 Å². The van der Waals surface area contributed by atoms with Gasteiger partial charge in [0.2, 0.25) is 0 Å². The number of ether oxygens (including phenoxy) is 1. The summed E-state index contributed by atoms with van der Waals surface area (Å²) in [6.45, 7) is 1.98. The summed E-state index contributed by atoms with van der Waals surface area (Å²) in [4.78, 5) is 40.9. The van der Waals surface area contributed by atoms with Crippen molar-refractivity contribution in [3.8, 4) is 0 Å². The molecule has 1 atom stereocenters. The van der Waals surface area contributed by atoms with Gasteiger partial charge in [-0.15, -0.1) is 0 Å².